The van der Waals surface area contributed by atoms with Crippen LogP contribution in [0.1, 0.15) is 35.3 Å². The van der Waals surface area contributed by atoms with Gasteiger partial charge in [-0.1, -0.05) is 35.9 Å². The van der Waals surface area contributed by atoms with Crippen molar-refractivity contribution in [1.82, 2.24) is 9.80 Å². The molecule has 0 radical (unpaired) electrons. The topological polar surface area (TPSA) is 82.4 Å². The molecule has 0 aromatic heterocycles. The summed E-state index contributed by atoms with van der Waals surface area (Å²) in [6, 6.07) is 13.4. The number of aliphatic imine (C=N–C) groups is 2. The van der Waals surface area contributed by atoms with Gasteiger partial charge in [0.15, 0.2) is 17.2 Å². The van der Waals surface area contributed by atoms with E-state index < -0.39 is 17.6 Å². The molecule has 8 heteroatoms. The van der Waals surface area contributed by atoms with E-state index in [9.17, 15) is 14.4 Å². The van der Waals surface area contributed by atoms with E-state index in [1.54, 1.807) is 48.2 Å². The number of imide groups is 1. The first-order chi connectivity index (χ1) is 14.9. The summed E-state index contributed by atoms with van der Waals surface area (Å²) in [4.78, 5) is 50.6. The van der Waals surface area contributed by atoms with Crippen LogP contribution < -0.4 is 0 Å². The highest BCUT2D eigenvalue weighted by Crippen LogP contribution is 2.34. The molecule has 1 fully saturated rings. The molecule has 4 rings (SSSR count). The number of benzene rings is 2. The van der Waals surface area contributed by atoms with Crippen LogP contribution in [0.25, 0.3) is 0 Å². The fourth-order valence-corrected chi connectivity index (χ4v) is 4.23. The molecule has 2 aliphatic heterocycles. The third kappa shape index (κ3) is 3.35. The number of likely N-dealkylation sites (N-methyl/N-ethyl adjacent to an activating group) is 1. The number of ketones is 1. The summed E-state index contributed by atoms with van der Waals surface area (Å²) in [6.07, 6.45) is 1.49. The molecule has 158 valence electrons. The van der Waals surface area contributed by atoms with E-state index in [2.05, 4.69) is 9.98 Å². The minimum absolute atomic E-state index is 0.167. The summed E-state index contributed by atoms with van der Waals surface area (Å²) in [5.41, 5.74) is 0.598. The van der Waals surface area contributed by atoms with Gasteiger partial charge in [-0.3, -0.25) is 19.4 Å². The van der Waals surface area contributed by atoms with E-state index in [0.717, 1.165) is 0 Å². The number of urea groups is 1. The second-order valence-electron chi connectivity index (χ2n) is 7.29. The Bertz CT molecular complexity index is 1130. The lowest BCUT2D eigenvalue weighted by molar-refractivity contribution is -0.124. The highest BCUT2D eigenvalue weighted by molar-refractivity contribution is 6.48. The largest absolute Gasteiger partial charge is 0.329 e. The molecule has 2 aliphatic rings. The Morgan fingerprint density at radius 1 is 1.03 bits per heavy atom. The van der Waals surface area contributed by atoms with Gasteiger partial charge >= 0.3 is 6.03 Å². The molecule has 0 spiro atoms. The lowest BCUT2D eigenvalue weighted by Crippen LogP contribution is -2.68. The molecule has 3 amide bonds. The average molecular weight is 437 g/mol. The molecule has 0 bridgehead atoms. The molecule has 0 N–H and O–H groups in total. The molecule has 2 aromatic rings. The number of hydrogen-bond acceptors (Lipinski definition) is 5. The van der Waals surface area contributed by atoms with E-state index in [-0.39, 0.29) is 24.5 Å². The van der Waals surface area contributed by atoms with Crippen LogP contribution in [0.4, 0.5) is 4.79 Å². The van der Waals surface area contributed by atoms with Gasteiger partial charge in [-0.15, -0.1) is 0 Å². The third-order valence-corrected chi connectivity index (χ3v) is 5.88. The molecule has 1 saturated heterocycles. The molecule has 2 heterocycles. The number of nitrogens with zero attached hydrogens (tertiary/aromatic N) is 4. The van der Waals surface area contributed by atoms with E-state index >= 15 is 0 Å². The van der Waals surface area contributed by atoms with Gasteiger partial charge in [0.05, 0.1) is 0 Å². The van der Waals surface area contributed by atoms with Crippen molar-refractivity contribution in [3.05, 3.63) is 70.2 Å². The Labute approximate surface area is 185 Å². The summed E-state index contributed by atoms with van der Waals surface area (Å²) in [7, 11) is 0. The van der Waals surface area contributed by atoms with Crippen LogP contribution in [-0.2, 0) is 11.2 Å². The van der Waals surface area contributed by atoms with Gasteiger partial charge in [0, 0.05) is 35.7 Å². The number of carbonyl (C=O) groups is 3. The lowest BCUT2D eigenvalue weighted by atomic mass is 9.87. The van der Waals surface area contributed by atoms with Crippen LogP contribution in [0.3, 0.4) is 0 Å². The van der Waals surface area contributed by atoms with Crippen molar-refractivity contribution in [2.24, 2.45) is 9.98 Å². The van der Waals surface area contributed by atoms with Crippen molar-refractivity contribution in [2.45, 2.75) is 25.9 Å². The molecular formula is C23H21ClN4O3. The zero-order valence-corrected chi connectivity index (χ0v) is 18.0. The molecule has 1 atom stereocenters. The van der Waals surface area contributed by atoms with Crippen LogP contribution in [0, 0.1) is 0 Å². The molecular weight excluding hydrogens is 416 g/mol. The number of halogens is 1. The van der Waals surface area contributed by atoms with Crippen LogP contribution in [0.5, 0.6) is 0 Å². The lowest BCUT2D eigenvalue weighted by Gasteiger charge is -2.45. The fraction of sp³-hybridized carbons (Fsp3) is 0.261. The number of amides is 3. The predicted octanol–water partition coefficient (Wildman–Crippen LogP) is 3.60. The number of hydrogen-bond donors (Lipinski definition) is 0. The summed E-state index contributed by atoms with van der Waals surface area (Å²) in [5, 5.41) is 0.545. The first-order valence-corrected chi connectivity index (χ1v) is 10.4. The Balaban J connectivity index is 1.77. The fourth-order valence-electron chi connectivity index (χ4n) is 4.11. The second kappa shape index (κ2) is 8.07. The van der Waals surface area contributed by atoms with Gasteiger partial charge in [0.25, 0.3) is 5.91 Å². The quantitative estimate of drug-likeness (QED) is 0.649. The van der Waals surface area contributed by atoms with Crippen molar-refractivity contribution in [3.63, 3.8) is 0 Å². The average Bonchev–Trinajstić information content (AvgIpc) is 3.19. The second-order valence-corrected chi connectivity index (χ2v) is 7.72. The van der Waals surface area contributed by atoms with Gasteiger partial charge in [0.2, 0.25) is 0 Å². The highest BCUT2D eigenvalue weighted by atomic mass is 35.5. The SMILES string of the molecule is CCN1C(=O)C2=NC=NC2(Cc2ccccc2C(=O)c2ccc(Cl)cc2)N(CC)C1=O. The van der Waals surface area contributed by atoms with Crippen LogP contribution >= 0.6 is 11.6 Å². The zero-order valence-electron chi connectivity index (χ0n) is 17.2. The minimum atomic E-state index is -1.26. The maximum atomic E-state index is 13.2. The number of fused-ring (bicyclic) bond motifs is 1. The molecule has 2 aromatic carbocycles. The van der Waals surface area contributed by atoms with Gasteiger partial charge in [-0.05, 0) is 43.7 Å². The van der Waals surface area contributed by atoms with Crippen molar-refractivity contribution in [3.8, 4) is 0 Å². The number of rotatable bonds is 6. The van der Waals surface area contributed by atoms with Gasteiger partial charge < -0.3 is 0 Å². The Hall–Kier alpha value is -3.32. The normalized spacial score (nSPS) is 20.2. The molecule has 0 saturated carbocycles. The summed E-state index contributed by atoms with van der Waals surface area (Å²) >= 11 is 5.95. The Kier molecular flexibility index (Phi) is 5.45. The maximum Gasteiger partial charge on any atom is 0.329 e. The van der Waals surface area contributed by atoms with Gasteiger partial charge in [-0.25, -0.2) is 14.8 Å². The molecule has 0 aliphatic carbocycles. The van der Waals surface area contributed by atoms with E-state index in [4.69, 9.17) is 11.6 Å². The van der Waals surface area contributed by atoms with Crippen molar-refractivity contribution < 1.29 is 14.4 Å². The Morgan fingerprint density at radius 2 is 1.74 bits per heavy atom. The van der Waals surface area contributed by atoms with E-state index in [1.807, 2.05) is 19.1 Å². The predicted molar refractivity (Wildman–Crippen MR) is 119 cm³/mol. The van der Waals surface area contributed by atoms with Crippen molar-refractivity contribution in [2.75, 3.05) is 13.1 Å². The van der Waals surface area contributed by atoms with Crippen molar-refractivity contribution >= 4 is 41.4 Å². The highest BCUT2D eigenvalue weighted by Gasteiger charge is 2.55. The first-order valence-electron chi connectivity index (χ1n) is 10.1. The maximum absolute atomic E-state index is 13.2. The molecule has 31 heavy (non-hydrogen) atoms. The summed E-state index contributed by atoms with van der Waals surface area (Å²) in [5.74, 6) is -0.618. The Morgan fingerprint density at radius 3 is 2.42 bits per heavy atom. The molecule has 7 nitrogen and oxygen atoms in total. The molecule has 1 unspecified atom stereocenters. The van der Waals surface area contributed by atoms with Gasteiger partial charge in [0.1, 0.15) is 6.34 Å². The zero-order chi connectivity index (χ0) is 22.2. The standard InChI is InChI=1S/C23H21ClN4O3/c1-3-27-21(30)20-23(26-14-25-20,28(4-2)22(27)31)13-16-7-5-6-8-18(16)19(29)15-9-11-17(24)12-10-15/h5-12,14H,3-4,13H2,1-2H3. The van der Waals surface area contributed by atoms with Crippen LogP contribution in [-0.4, -0.2) is 58.3 Å². The summed E-state index contributed by atoms with van der Waals surface area (Å²) in [6.45, 7) is 4.16. The van der Waals surface area contributed by atoms with Gasteiger partial charge in [-0.2, -0.15) is 0 Å². The minimum Gasteiger partial charge on any atom is -0.294 e. The first kappa shape index (κ1) is 20.9. The van der Waals surface area contributed by atoms with Crippen molar-refractivity contribution in [1.29, 1.82) is 0 Å². The third-order valence-electron chi connectivity index (χ3n) is 5.63. The monoisotopic (exact) mass is 436 g/mol. The smallest absolute Gasteiger partial charge is 0.294 e. The van der Waals surface area contributed by atoms with E-state index in [1.165, 1.54) is 11.2 Å². The number of carbonyl (C=O) groups excluding carboxylic acids is 3. The van der Waals surface area contributed by atoms with Crippen LogP contribution in [0.15, 0.2) is 58.5 Å². The summed E-state index contributed by atoms with van der Waals surface area (Å²) < 4.78 is 0. The van der Waals surface area contributed by atoms with Crippen LogP contribution in [0.2, 0.25) is 5.02 Å². The van der Waals surface area contributed by atoms with E-state index in [0.29, 0.717) is 28.3 Å².